The van der Waals surface area contributed by atoms with Gasteiger partial charge >= 0.3 is 6.18 Å². The van der Waals surface area contributed by atoms with Crippen molar-refractivity contribution in [3.8, 4) is 5.88 Å². The first-order valence-electron chi connectivity index (χ1n) is 8.06. The topological polar surface area (TPSA) is 68.7 Å². The van der Waals surface area contributed by atoms with E-state index < -0.39 is 22.8 Å². The number of fused-ring (bicyclic) bond motifs is 1. The van der Waals surface area contributed by atoms with Crippen molar-refractivity contribution >= 4 is 10.0 Å². The fraction of sp³-hybridized carbons (Fsp3) is 0.667. The van der Waals surface area contributed by atoms with Crippen molar-refractivity contribution < 1.29 is 31.1 Å². The van der Waals surface area contributed by atoms with Crippen molar-refractivity contribution in [3.05, 3.63) is 18.3 Å². The number of halogens is 3. The molecule has 6 nitrogen and oxygen atoms in total. The average molecular weight is 380 g/mol. The first kappa shape index (κ1) is 18.4. The Bertz CT molecular complexity index is 692. The zero-order chi connectivity index (χ0) is 18.1. The van der Waals surface area contributed by atoms with Gasteiger partial charge in [-0.1, -0.05) is 12.8 Å². The lowest BCUT2D eigenvalue weighted by atomic mass is 9.91. The highest BCUT2D eigenvalue weighted by atomic mass is 32.2. The van der Waals surface area contributed by atoms with Gasteiger partial charge in [0.2, 0.25) is 15.9 Å². The molecular formula is C15H19F3N2O4S. The molecule has 25 heavy (non-hydrogen) atoms. The Hall–Kier alpha value is -1.39. The van der Waals surface area contributed by atoms with Crippen LogP contribution in [0.1, 0.15) is 25.7 Å². The lowest BCUT2D eigenvalue weighted by Crippen LogP contribution is -2.54. The molecule has 1 aromatic heterocycles. The van der Waals surface area contributed by atoms with Gasteiger partial charge in [0.25, 0.3) is 0 Å². The summed E-state index contributed by atoms with van der Waals surface area (Å²) in [4.78, 5) is 3.63. The highest BCUT2D eigenvalue weighted by Gasteiger charge is 2.41. The van der Waals surface area contributed by atoms with Crippen molar-refractivity contribution in [3.63, 3.8) is 0 Å². The maximum absolute atomic E-state index is 12.9. The Balaban J connectivity index is 1.75. The number of alkyl halides is 3. The van der Waals surface area contributed by atoms with Crippen molar-refractivity contribution in [1.29, 1.82) is 0 Å². The summed E-state index contributed by atoms with van der Waals surface area (Å²) in [5.74, 6) is -0.270. The van der Waals surface area contributed by atoms with Crippen LogP contribution < -0.4 is 4.74 Å². The molecule has 1 aromatic rings. The lowest BCUT2D eigenvalue weighted by Gasteiger charge is -2.42. The molecule has 1 aliphatic heterocycles. The standard InChI is InChI=1S/C15H19F3N2O4S/c16-15(17,18)10-24-14-6-5-11(9-19-14)25(21,22)20-7-8-23-13-4-2-1-3-12(13)20/h5-6,9,12-13H,1-4,7-8,10H2/t12-,13+/m0/s1. The number of pyridine rings is 1. The summed E-state index contributed by atoms with van der Waals surface area (Å²) in [6.07, 6.45) is -0.00562. The van der Waals surface area contributed by atoms with Crippen LogP contribution in [0.25, 0.3) is 0 Å². The van der Waals surface area contributed by atoms with Gasteiger partial charge in [-0.3, -0.25) is 0 Å². The van der Waals surface area contributed by atoms with Gasteiger partial charge in [-0.2, -0.15) is 17.5 Å². The van der Waals surface area contributed by atoms with E-state index in [9.17, 15) is 21.6 Å². The summed E-state index contributed by atoms with van der Waals surface area (Å²) in [6, 6.07) is 2.16. The van der Waals surface area contributed by atoms with Crippen LogP contribution in [0, 0.1) is 0 Å². The number of aromatic nitrogens is 1. The lowest BCUT2D eigenvalue weighted by molar-refractivity contribution is -0.154. The summed E-state index contributed by atoms with van der Waals surface area (Å²) in [6.45, 7) is -0.879. The average Bonchev–Trinajstić information content (AvgIpc) is 2.59. The van der Waals surface area contributed by atoms with E-state index in [0.29, 0.717) is 6.61 Å². The molecule has 1 saturated heterocycles. The van der Waals surface area contributed by atoms with Gasteiger partial charge in [-0.25, -0.2) is 13.4 Å². The minimum absolute atomic E-state index is 0.0573. The van der Waals surface area contributed by atoms with E-state index in [4.69, 9.17) is 4.74 Å². The Morgan fingerprint density at radius 2 is 2.04 bits per heavy atom. The largest absolute Gasteiger partial charge is 0.468 e. The smallest absolute Gasteiger partial charge is 0.422 e. The SMILES string of the molecule is O=S(=O)(c1ccc(OCC(F)(F)F)nc1)N1CCO[C@@H]2CCCC[C@@H]21. The highest BCUT2D eigenvalue weighted by Crippen LogP contribution is 2.32. The third-order valence-electron chi connectivity index (χ3n) is 4.38. The summed E-state index contributed by atoms with van der Waals surface area (Å²) in [5.41, 5.74) is 0. The van der Waals surface area contributed by atoms with Crippen molar-refractivity contribution in [2.75, 3.05) is 19.8 Å². The van der Waals surface area contributed by atoms with Crippen LogP contribution in [0.2, 0.25) is 0 Å². The molecule has 2 atom stereocenters. The van der Waals surface area contributed by atoms with Crippen LogP contribution in [0.3, 0.4) is 0 Å². The zero-order valence-electron chi connectivity index (χ0n) is 13.4. The van der Waals surface area contributed by atoms with E-state index in [1.807, 2.05) is 0 Å². The molecule has 0 bridgehead atoms. The van der Waals surface area contributed by atoms with Gasteiger partial charge in [-0.15, -0.1) is 0 Å². The van der Waals surface area contributed by atoms with Gasteiger partial charge in [0.05, 0.1) is 24.9 Å². The Morgan fingerprint density at radius 1 is 1.28 bits per heavy atom. The molecule has 10 heteroatoms. The number of hydrogen-bond donors (Lipinski definition) is 0. The van der Waals surface area contributed by atoms with E-state index in [-0.39, 0.29) is 29.5 Å². The summed E-state index contributed by atoms with van der Waals surface area (Å²) >= 11 is 0. The molecule has 0 spiro atoms. The van der Waals surface area contributed by atoms with E-state index in [1.54, 1.807) is 0 Å². The molecule has 1 saturated carbocycles. The summed E-state index contributed by atoms with van der Waals surface area (Å²) in [7, 11) is -3.78. The molecule has 0 radical (unpaired) electrons. The molecule has 1 aliphatic carbocycles. The van der Waals surface area contributed by atoms with Crippen LogP contribution in [0.15, 0.2) is 23.2 Å². The highest BCUT2D eigenvalue weighted by molar-refractivity contribution is 7.89. The maximum Gasteiger partial charge on any atom is 0.422 e. The molecule has 2 fully saturated rings. The van der Waals surface area contributed by atoms with Crippen LogP contribution in [0.5, 0.6) is 5.88 Å². The molecule has 0 N–H and O–H groups in total. The Kier molecular flexibility index (Phi) is 5.21. The molecular weight excluding hydrogens is 361 g/mol. The van der Waals surface area contributed by atoms with Gasteiger partial charge in [0.15, 0.2) is 6.61 Å². The molecule has 0 unspecified atom stereocenters. The fourth-order valence-corrected chi connectivity index (χ4v) is 4.86. The molecule has 2 heterocycles. The molecule has 2 aliphatic rings. The molecule has 0 aromatic carbocycles. The van der Waals surface area contributed by atoms with Crippen molar-refractivity contribution in [2.24, 2.45) is 0 Å². The van der Waals surface area contributed by atoms with Gasteiger partial charge < -0.3 is 9.47 Å². The van der Waals surface area contributed by atoms with Crippen LogP contribution >= 0.6 is 0 Å². The van der Waals surface area contributed by atoms with E-state index in [0.717, 1.165) is 37.9 Å². The normalized spacial score (nSPS) is 25.4. The van der Waals surface area contributed by atoms with Crippen LogP contribution in [-0.4, -0.2) is 55.8 Å². The summed E-state index contributed by atoms with van der Waals surface area (Å²) in [5, 5.41) is 0. The van der Waals surface area contributed by atoms with Crippen molar-refractivity contribution in [1.82, 2.24) is 9.29 Å². The van der Waals surface area contributed by atoms with E-state index in [1.165, 1.54) is 10.4 Å². The molecule has 0 amide bonds. The number of nitrogens with zero attached hydrogens (tertiary/aromatic N) is 2. The third kappa shape index (κ3) is 4.24. The molecule has 3 rings (SSSR count). The quantitative estimate of drug-likeness (QED) is 0.802. The van der Waals surface area contributed by atoms with Gasteiger partial charge in [-0.05, 0) is 18.9 Å². The first-order chi connectivity index (χ1) is 11.8. The Labute approximate surface area is 144 Å². The third-order valence-corrected chi connectivity index (χ3v) is 6.29. The monoisotopic (exact) mass is 380 g/mol. The summed E-state index contributed by atoms with van der Waals surface area (Å²) < 4.78 is 73.8. The number of sulfonamides is 1. The fourth-order valence-electron chi connectivity index (χ4n) is 3.26. The van der Waals surface area contributed by atoms with E-state index in [2.05, 4.69) is 9.72 Å². The number of morpholine rings is 1. The number of rotatable bonds is 4. The predicted molar refractivity (Wildman–Crippen MR) is 81.7 cm³/mol. The van der Waals surface area contributed by atoms with Crippen LogP contribution in [-0.2, 0) is 14.8 Å². The van der Waals surface area contributed by atoms with Gasteiger partial charge in [0.1, 0.15) is 4.90 Å². The zero-order valence-corrected chi connectivity index (χ0v) is 14.2. The first-order valence-corrected chi connectivity index (χ1v) is 9.50. The Morgan fingerprint density at radius 3 is 2.72 bits per heavy atom. The number of hydrogen-bond acceptors (Lipinski definition) is 5. The molecule has 140 valence electrons. The van der Waals surface area contributed by atoms with Crippen LogP contribution in [0.4, 0.5) is 13.2 Å². The predicted octanol–water partition coefficient (Wildman–Crippen LogP) is 2.35. The maximum atomic E-state index is 12.9. The number of ether oxygens (including phenoxy) is 2. The van der Waals surface area contributed by atoms with E-state index >= 15 is 0 Å². The minimum atomic E-state index is -4.48. The second-order valence-electron chi connectivity index (χ2n) is 6.11. The second-order valence-corrected chi connectivity index (χ2v) is 8.00. The van der Waals surface area contributed by atoms with Gasteiger partial charge in [0, 0.05) is 12.6 Å². The second kappa shape index (κ2) is 7.08. The van der Waals surface area contributed by atoms with Crippen molar-refractivity contribution in [2.45, 2.75) is 48.9 Å². The minimum Gasteiger partial charge on any atom is -0.468 e.